The van der Waals surface area contributed by atoms with Gasteiger partial charge in [0.25, 0.3) is 0 Å². The number of nitrogens with zero attached hydrogens (tertiary/aromatic N) is 2. The number of halogens is 1. The molecule has 0 unspecified atom stereocenters. The van der Waals surface area contributed by atoms with Crippen molar-refractivity contribution in [3.8, 4) is 0 Å². The number of carbonyl (C=O) groups is 1. The highest BCUT2D eigenvalue weighted by molar-refractivity contribution is 5.87. The van der Waals surface area contributed by atoms with Crippen molar-refractivity contribution in [1.82, 2.24) is 9.88 Å². The van der Waals surface area contributed by atoms with E-state index in [1.54, 1.807) is 22.8 Å². The first-order valence-electron chi connectivity index (χ1n) is 6.36. The quantitative estimate of drug-likeness (QED) is 0.835. The number of piperazine rings is 1. The molecule has 1 aliphatic rings. The van der Waals surface area contributed by atoms with Crippen molar-refractivity contribution in [2.45, 2.75) is 0 Å². The molecule has 0 spiro atoms. The SMILES string of the molecule is Cl.O=Cn1c(N2CCNCC2)cc(=O)c2ccccc21. The van der Waals surface area contributed by atoms with Gasteiger partial charge in [-0.2, -0.15) is 0 Å². The summed E-state index contributed by atoms with van der Waals surface area (Å²) in [6, 6.07) is 8.75. The van der Waals surface area contributed by atoms with E-state index in [0.29, 0.717) is 16.7 Å². The second kappa shape index (κ2) is 6.07. The van der Waals surface area contributed by atoms with Crippen molar-refractivity contribution in [3.05, 3.63) is 40.6 Å². The standard InChI is InChI=1S/C14H15N3O2.ClH/c18-10-17-12-4-2-1-3-11(12)13(19)9-14(17)16-7-5-15-6-8-16;/h1-4,9-10,15H,5-8H2;1H. The van der Waals surface area contributed by atoms with E-state index in [1.165, 1.54) is 0 Å². The topological polar surface area (TPSA) is 54.3 Å². The molecule has 1 aromatic carbocycles. The lowest BCUT2D eigenvalue weighted by Crippen LogP contribution is -2.45. The van der Waals surface area contributed by atoms with Gasteiger partial charge in [0.2, 0.25) is 6.41 Å². The fourth-order valence-corrected chi connectivity index (χ4v) is 2.53. The Kier molecular flexibility index (Phi) is 4.42. The van der Waals surface area contributed by atoms with Gasteiger partial charge in [-0.3, -0.25) is 14.2 Å². The van der Waals surface area contributed by atoms with Gasteiger partial charge >= 0.3 is 0 Å². The lowest BCUT2D eigenvalue weighted by molar-refractivity contribution is 0.544. The summed E-state index contributed by atoms with van der Waals surface area (Å²) in [4.78, 5) is 25.6. The van der Waals surface area contributed by atoms with Gasteiger partial charge in [-0.1, -0.05) is 12.1 Å². The van der Waals surface area contributed by atoms with Gasteiger partial charge in [0.05, 0.1) is 5.52 Å². The number of hydrogen-bond donors (Lipinski definition) is 1. The average Bonchev–Trinajstić information content (AvgIpc) is 2.48. The molecule has 1 saturated heterocycles. The fraction of sp³-hybridized carbons (Fsp3) is 0.286. The average molecular weight is 294 g/mol. The number of carbonyl (C=O) groups excluding carboxylic acids is 1. The number of rotatable bonds is 2. The van der Waals surface area contributed by atoms with Crippen LogP contribution in [0, 0.1) is 0 Å². The van der Waals surface area contributed by atoms with E-state index < -0.39 is 0 Å². The summed E-state index contributed by atoms with van der Waals surface area (Å²) < 4.78 is 1.56. The molecule has 0 bridgehead atoms. The summed E-state index contributed by atoms with van der Waals surface area (Å²) >= 11 is 0. The van der Waals surface area contributed by atoms with Crippen molar-refractivity contribution in [3.63, 3.8) is 0 Å². The zero-order valence-corrected chi connectivity index (χ0v) is 11.7. The van der Waals surface area contributed by atoms with Crippen molar-refractivity contribution in [2.24, 2.45) is 0 Å². The van der Waals surface area contributed by atoms with Gasteiger partial charge in [0.15, 0.2) is 5.43 Å². The third-order valence-corrected chi connectivity index (χ3v) is 3.48. The molecule has 2 heterocycles. The maximum atomic E-state index is 12.1. The van der Waals surface area contributed by atoms with Gasteiger partial charge in [-0.25, -0.2) is 0 Å². The van der Waals surface area contributed by atoms with Crippen LogP contribution in [0.3, 0.4) is 0 Å². The minimum absolute atomic E-state index is 0. The Hall–Kier alpha value is -1.85. The normalized spacial score (nSPS) is 14.9. The van der Waals surface area contributed by atoms with E-state index in [-0.39, 0.29) is 17.8 Å². The van der Waals surface area contributed by atoms with Crippen LogP contribution in [0.1, 0.15) is 0 Å². The largest absolute Gasteiger partial charge is 0.355 e. The first kappa shape index (κ1) is 14.6. The number of hydrogen-bond acceptors (Lipinski definition) is 4. The van der Waals surface area contributed by atoms with Crippen molar-refractivity contribution in [1.29, 1.82) is 0 Å². The first-order chi connectivity index (χ1) is 9.31. The first-order valence-corrected chi connectivity index (χ1v) is 6.36. The molecule has 0 amide bonds. The lowest BCUT2D eigenvalue weighted by Gasteiger charge is -2.30. The van der Waals surface area contributed by atoms with Crippen LogP contribution in [0.5, 0.6) is 0 Å². The molecule has 20 heavy (non-hydrogen) atoms. The van der Waals surface area contributed by atoms with Gasteiger partial charge in [0.1, 0.15) is 5.82 Å². The van der Waals surface area contributed by atoms with Crippen molar-refractivity contribution >= 4 is 35.5 Å². The van der Waals surface area contributed by atoms with Gasteiger partial charge in [-0.05, 0) is 12.1 Å². The number of nitrogens with one attached hydrogen (secondary N) is 1. The van der Waals surface area contributed by atoms with E-state index in [9.17, 15) is 9.59 Å². The number of aromatic nitrogens is 1. The zero-order chi connectivity index (χ0) is 13.2. The Labute approximate surface area is 122 Å². The van der Waals surface area contributed by atoms with Gasteiger partial charge in [0, 0.05) is 37.6 Å². The fourth-order valence-electron chi connectivity index (χ4n) is 2.53. The molecule has 0 atom stereocenters. The smallest absolute Gasteiger partial charge is 0.219 e. The Morgan fingerprint density at radius 1 is 1.15 bits per heavy atom. The Balaban J connectivity index is 0.00000147. The van der Waals surface area contributed by atoms with Crippen LogP contribution in [0.2, 0.25) is 0 Å². The van der Waals surface area contributed by atoms with Crippen LogP contribution in [-0.2, 0) is 4.79 Å². The minimum Gasteiger partial charge on any atom is -0.355 e. The second-order valence-electron chi connectivity index (χ2n) is 4.60. The minimum atomic E-state index is -0.0396. The molecule has 6 heteroatoms. The predicted octanol–water partition coefficient (Wildman–Crippen LogP) is 0.871. The molecular formula is C14H16ClN3O2. The molecule has 0 radical (unpaired) electrons. The third kappa shape index (κ3) is 2.42. The molecule has 1 aliphatic heterocycles. The van der Waals surface area contributed by atoms with Crippen LogP contribution < -0.4 is 15.6 Å². The number of para-hydroxylation sites is 1. The molecule has 106 valence electrons. The number of benzene rings is 1. The molecular weight excluding hydrogens is 278 g/mol. The van der Waals surface area contributed by atoms with Crippen LogP contribution in [0.15, 0.2) is 35.1 Å². The van der Waals surface area contributed by atoms with Crippen LogP contribution in [0.25, 0.3) is 10.9 Å². The predicted molar refractivity (Wildman–Crippen MR) is 82.7 cm³/mol. The maximum Gasteiger partial charge on any atom is 0.219 e. The van der Waals surface area contributed by atoms with E-state index in [2.05, 4.69) is 10.2 Å². The van der Waals surface area contributed by atoms with E-state index >= 15 is 0 Å². The molecule has 0 aliphatic carbocycles. The van der Waals surface area contributed by atoms with E-state index in [0.717, 1.165) is 32.6 Å². The zero-order valence-electron chi connectivity index (χ0n) is 10.9. The van der Waals surface area contributed by atoms with Gasteiger partial charge in [-0.15, -0.1) is 12.4 Å². The lowest BCUT2D eigenvalue weighted by atomic mass is 10.2. The molecule has 3 rings (SSSR count). The summed E-state index contributed by atoms with van der Waals surface area (Å²) in [7, 11) is 0. The summed E-state index contributed by atoms with van der Waals surface area (Å²) in [6.45, 7) is 3.32. The summed E-state index contributed by atoms with van der Waals surface area (Å²) in [5, 5.41) is 3.83. The molecule has 5 nitrogen and oxygen atoms in total. The highest BCUT2D eigenvalue weighted by Gasteiger charge is 2.16. The van der Waals surface area contributed by atoms with Gasteiger partial charge < -0.3 is 10.2 Å². The summed E-state index contributed by atoms with van der Waals surface area (Å²) in [6.07, 6.45) is 0.777. The monoisotopic (exact) mass is 293 g/mol. The molecule has 0 saturated carbocycles. The third-order valence-electron chi connectivity index (χ3n) is 3.48. The second-order valence-corrected chi connectivity index (χ2v) is 4.60. The molecule has 1 aromatic heterocycles. The van der Waals surface area contributed by atoms with Crippen molar-refractivity contribution in [2.75, 3.05) is 31.1 Å². The number of fused-ring (bicyclic) bond motifs is 1. The molecule has 2 aromatic rings. The summed E-state index contributed by atoms with van der Waals surface area (Å²) in [5.41, 5.74) is 0.626. The Morgan fingerprint density at radius 2 is 1.85 bits per heavy atom. The maximum absolute atomic E-state index is 12.1. The van der Waals surface area contributed by atoms with Crippen LogP contribution in [0.4, 0.5) is 5.82 Å². The van der Waals surface area contributed by atoms with Crippen LogP contribution in [-0.4, -0.2) is 37.2 Å². The molecule has 1 fully saturated rings. The summed E-state index contributed by atoms with van der Waals surface area (Å²) in [5.74, 6) is 0.681. The Bertz CT molecular complexity index is 678. The Morgan fingerprint density at radius 3 is 2.55 bits per heavy atom. The molecule has 1 N–H and O–H groups in total. The highest BCUT2D eigenvalue weighted by atomic mass is 35.5. The number of pyridine rings is 1. The van der Waals surface area contributed by atoms with E-state index in [1.807, 2.05) is 12.1 Å². The van der Waals surface area contributed by atoms with Crippen LogP contribution >= 0.6 is 12.4 Å². The highest BCUT2D eigenvalue weighted by Crippen LogP contribution is 2.18. The number of anilines is 1. The van der Waals surface area contributed by atoms with Crippen molar-refractivity contribution < 1.29 is 4.79 Å². The van der Waals surface area contributed by atoms with E-state index in [4.69, 9.17) is 0 Å².